The molecule has 1 aliphatic rings. The van der Waals surface area contributed by atoms with E-state index < -0.39 is 12.6 Å². The molecule has 0 atom stereocenters. The summed E-state index contributed by atoms with van der Waals surface area (Å²) in [6.07, 6.45) is -0.372. The van der Waals surface area contributed by atoms with Gasteiger partial charge in [0.05, 0.1) is 6.42 Å². The maximum absolute atomic E-state index is 11.9. The van der Waals surface area contributed by atoms with Crippen LogP contribution in [0.2, 0.25) is 0 Å². The van der Waals surface area contributed by atoms with Crippen LogP contribution in [-0.2, 0) is 0 Å². The second-order valence-corrected chi connectivity index (χ2v) is 5.18. The van der Waals surface area contributed by atoms with Crippen LogP contribution in [0.3, 0.4) is 0 Å². The number of nitrogens with one attached hydrogen (secondary N) is 1. The van der Waals surface area contributed by atoms with Gasteiger partial charge in [-0.3, -0.25) is 0 Å². The predicted octanol–water partition coefficient (Wildman–Crippen LogP) is 3.74. The lowest BCUT2D eigenvalue weighted by Gasteiger charge is -2.31. The molecule has 0 unspecified atom stereocenters. The number of halogens is 3. The van der Waals surface area contributed by atoms with Gasteiger partial charge in [0.25, 0.3) is 0 Å². The Balaban J connectivity index is 2.13. The van der Waals surface area contributed by atoms with Gasteiger partial charge >= 0.3 is 6.18 Å². The van der Waals surface area contributed by atoms with E-state index in [4.69, 9.17) is 0 Å². The normalized spacial score (nSPS) is 27.4. The van der Waals surface area contributed by atoms with Crippen molar-refractivity contribution in [2.45, 2.75) is 58.2 Å². The molecule has 0 aromatic rings. The van der Waals surface area contributed by atoms with Gasteiger partial charge in [-0.2, -0.15) is 13.2 Å². The van der Waals surface area contributed by atoms with Crippen LogP contribution in [0.1, 0.15) is 46.0 Å². The minimum atomic E-state index is -4.03. The Kier molecular flexibility index (Phi) is 5.09. The summed E-state index contributed by atoms with van der Waals surface area (Å²) in [5.74, 6) is 1.47. The molecule has 96 valence electrons. The van der Waals surface area contributed by atoms with Crippen molar-refractivity contribution in [3.63, 3.8) is 0 Å². The molecule has 1 nitrogen and oxygen atoms in total. The van der Waals surface area contributed by atoms with E-state index in [0.717, 1.165) is 31.6 Å². The monoisotopic (exact) mass is 237 g/mol. The fraction of sp³-hybridized carbons (Fsp3) is 1.00. The van der Waals surface area contributed by atoms with Gasteiger partial charge in [-0.25, -0.2) is 0 Å². The molecule has 0 aromatic carbocycles. The first-order valence-electron chi connectivity index (χ1n) is 6.18. The van der Waals surface area contributed by atoms with Crippen molar-refractivity contribution in [1.29, 1.82) is 0 Å². The second kappa shape index (κ2) is 5.89. The highest BCUT2D eigenvalue weighted by Gasteiger charge is 2.28. The molecular formula is C12H22F3N. The van der Waals surface area contributed by atoms with Gasteiger partial charge in [0, 0.05) is 12.6 Å². The lowest BCUT2D eigenvalue weighted by molar-refractivity contribution is -0.133. The Morgan fingerprint density at radius 1 is 1.12 bits per heavy atom. The van der Waals surface area contributed by atoms with E-state index in [1.54, 1.807) is 0 Å². The molecule has 0 amide bonds. The van der Waals surface area contributed by atoms with E-state index in [0.29, 0.717) is 12.0 Å². The lowest BCUT2D eigenvalue weighted by Crippen LogP contribution is -2.36. The lowest BCUT2D eigenvalue weighted by atomic mass is 9.80. The Labute approximate surface area is 95.8 Å². The summed E-state index contributed by atoms with van der Waals surface area (Å²) < 4.78 is 35.8. The minimum Gasteiger partial charge on any atom is -0.314 e. The fourth-order valence-electron chi connectivity index (χ4n) is 2.41. The first kappa shape index (κ1) is 13.8. The van der Waals surface area contributed by atoms with Crippen LogP contribution in [0, 0.1) is 11.8 Å². The molecule has 0 bridgehead atoms. The highest BCUT2D eigenvalue weighted by atomic mass is 19.4. The number of rotatable bonds is 4. The average molecular weight is 237 g/mol. The van der Waals surface area contributed by atoms with Crippen molar-refractivity contribution >= 4 is 0 Å². The van der Waals surface area contributed by atoms with Crippen LogP contribution < -0.4 is 5.32 Å². The number of hydrogen-bond acceptors (Lipinski definition) is 1. The summed E-state index contributed by atoms with van der Waals surface area (Å²) in [5, 5.41) is 3.02. The minimum absolute atomic E-state index is 0.0700. The smallest absolute Gasteiger partial charge is 0.314 e. The molecule has 0 aromatic heterocycles. The Bertz CT molecular complexity index is 193. The van der Waals surface area contributed by atoms with E-state index >= 15 is 0 Å². The molecule has 1 fully saturated rings. The largest absolute Gasteiger partial charge is 0.390 e. The molecule has 0 spiro atoms. The highest BCUT2D eigenvalue weighted by Crippen LogP contribution is 2.30. The molecule has 1 aliphatic carbocycles. The van der Waals surface area contributed by atoms with Crippen molar-refractivity contribution in [2.24, 2.45) is 11.8 Å². The van der Waals surface area contributed by atoms with Gasteiger partial charge in [-0.05, 0) is 37.5 Å². The van der Waals surface area contributed by atoms with Crippen LogP contribution >= 0.6 is 0 Å². The summed E-state index contributed by atoms with van der Waals surface area (Å²) in [6, 6.07) is 0.303. The van der Waals surface area contributed by atoms with E-state index in [1.807, 2.05) is 0 Å². The zero-order chi connectivity index (χ0) is 12.2. The molecular weight excluding hydrogens is 215 g/mol. The van der Waals surface area contributed by atoms with E-state index in [2.05, 4.69) is 19.2 Å². The van der Waals surface area contributed by atoms with Crippen LogP contribution in [0.25, 0.3) is 0 Å². The molecule has 1 N–H and O–H groups in total. The van der Waals surface area contributed by atoms with Gasteiger partial charge in [0.15, 0.2) is 0 Å². The standard InChI is InChI=1S/C12H22F3N/c1-9(2)10-3-5-11(6-4-10)16-8-7-12(13,14)15/h9-11,16H,3-8H2,1-2H3. The summed E-state index contributed by atoms with van der Waals surface area (Å²) in [6.45, 7) is 4.52. The third-order valence-electron chi connectivity index (χ3n) is 3.56. The Morgan fingerprint density at radius 3 is 2.12 bits per heavy atom. The van der Waals surface area contributed by atoms with Gasteiger partial charge in [-0.15, -0.1) is 0 Å². The maximum atomic E-state index is 11.9. The molecule has 0 heterocycles. The van der Waals surface area contributed by atoms with Gasteiger partial charge in [0.1, 0.15) is 0 Å². The zero-order valence-electron chi connectivity index (χ0n) is 10.1. The van der Waals surface area contributed by atoms with Crippen molar-refractivity contribution in [2.75, 3.05) is 6.54 Å². The zero-order valence-corrected chi connectivity index (χ0v) is 10.1. The fourth-order valence-corrected chi connectivity index (χ4v) is 2.41. The quantitative estimate of drug-likeness (QED) is 0.785. The van der Waals surface area contributed by atoms with Gasteiger partial charge < -0.3 is 5.32 Å². The van der Waals surface area contributed by atoms with E-state index in [9.17, 15) is 13.2 Å². The average Bonchev–Trinajstić information content (AvgIpc) is 2.16. The SMILES string of the molecule is CC(C)C1CCC(NCCC(F)(F)F)CC1. The summed E-state index contributed by atoms with van der Waals surface area (Å²) in [4.78, 5) is 0. The van der Waals surface area contributed by atoms with Crippen LogP contribution in [0.5, 0.6) is 0 Å². The first-order chi connectivity index (χ1) is 7.38. The second-order valence-electron chi connectivity index (χ2n) is 5.18. The molecule has 4 heteroatoms. The predicted molar refractivity (Wildman–Crippen MR) is 59.3 cm³/mol. The third-order valence-corrected chi connectivity index (χ3v) is 3.56. The third kappa shape index (κ3) is 5.19. The van der Waals surface area contributed by atoms with Gasteiger partial charge in [-0.1, -0.05) is 13.8 Å². The van der Waals surface area contributed by atoms with E-state index in [1.165, 1.54) is 0 Å². The molecule has 1 saturated carbocycles. The van der Waals surface area contributed by atoms with Crippen LogP contribution in [-0.4, -0.2) is 18.8 Å². The highest BCUT2D eigenvalue weighted by molar-refractivity contribution is 4.78. The van der Waals surface area contributed by atoms with Crippen molar-refractivity contribution in [3.8, 4) is 0 Å². The number of hydrogen-bond donors (Lipinski definition) is 1. The Hall–Kier alpha value is -0.250. The van der Waals surface area contributed by atoms with Crippen LogP contribution in [0.4, 0.5) is 13.2 Å². The number of alkyl halides is 3. The summed E-state index contributed by atoms with van der Waals surface area (Å²) in [7, 11) is 0. The van der Waals surface area contributed by atoms with Crippen molar-refractivity contribution in [3.05, 3.63) is 0 Å². The first-order valence-corrected chi connectivity index (χ1v) is 6.18. The summed E-state index contributed by atoms with van der Waals surface area (Å²) >= 11 is 0. The maximum Gasteiger partial charge on any atom is 0.390 e. The molecule has 0 aliphatic heterocycles. The van der Waals surface area contributed by atoms with Gasteiger partial charge in [0.2, 0.25) is 0 Å². The molecule has 0 radical (unpaired) electrons. The molecule has 0 saturated heterocycles. The molecule has 16 heavy (non-hydrogen) atoms. The van der Waals surface area contributed by atoms with E-state index in [-0.39, 0.29) is 6.54 Å². The van der Waals surface area contributed by atoms with Crippen molar-refractivity contribution < 1.29 is 13.2 Å². The summed E-state index contributed by atoms with van der Waals surface area (Å²) in [5.41, 5.74) is 0. The Morgan fingerprint density at radius 2 is 1.69 bits per heavy atom. The van der Waals surface area contributed by atoms with Crippen molar-refractivity contribution in [1.82, 2.24) is 5.32 Å². The van der Waals surface area contributed by atoms with Crippen LogP contribution in [0.15, 0.2) is 0 Å². The topological polar surface area (TPSA) is 12.0 Å². The molecule has 1 rings (SSSR count).